The first-order valence-corrected chi connectivity index (χ1v) is 12.5. The molecule has 3 heterocycles. The van der Waals surface area contributed by atoms with Gasteiger partial charge in [0.05, 0.1) is 23.8 Å². The van der Waals surface area contributed by atoms with E-state index >= 15 is 0 Å². The molecule has 4 N–H and O–H groups in total. The van der Waals surface area contributed by atoms with Gasteiger partial charge in [-0.3, -0.25) is 14.0 Å². The van der Waals surface area contributed by atoms with Crippen LogP contribution in [-0.4, -0.2) is 67.4 Å². The second-order valence-electron chi connectivity index (χ2n) is 9.43. The lowest BCUT2D eigenvalue weighted by atomic mass is 9.75. The summed E-state index contributed by atoms with van der Waals surface area (Å²) < 4.78 is 1.64. The van der Waals surface area contributed by atoms with Crippen molar-refractivity contribution in [2.75, 3.05) is 6.54 Å². The van der Waals surface area contributed by atoms with Crippen LogP contribution in [0.25, 0.3) is 5.65 Å². The minimum atomic E-state index is -1.79. The van der Waals surface area contributed by atoms with Gasteiger partial charge in [-0.25, -0.2) is 0 Å². The van der Waals surface area contributed by atoms with Gasteiger partial charge in [-0.15, -0.1) is 10.2 Å². The van der Waals surface area contributed by atoms with Crippen LogP contribution in [0.4, 0.5) is 0 Å². The minimum absolute atomic E-state index is 0.0495. The molecular weight excluding hydrogens is 499 g/mol. The molecule has 198 valence electrons. The summed E-state index contributed by atoms with van der Waals surface area (Å²) in [6.07, 6.45) is 3.75. The average Bonchev–Trinajstić information content (AvgIpc) is 3.60. The standard InChI is InChI=1S/C27H27BN6O5/c35-25(22-12-7-13-34-18-30-32-24(22)34)29-17-21-16-27(39-33-21,15-20-10-5-2-6-11-20)26(36)31-23(28(37)38)14-19-8-3-1-4-9-19/h1-13,18,23,37-38H,14-17H2,(H,29,35)(H,31,36). The highest BCUT2D eigenvalue weighted by Gasteiger charge is 2.48. The smallest absolute Gasteiger partial charge is 0.426 e. The molecule has 2 aromatic heterocycles. The van der Waals surface area contributed by atoms with Crippen LogP contribution in [0.3, 0.4) is 0 Å². The maximum absolute atomic E-state index is 13.7. The zero-order valence-electron chi connectivity index (χ0n) is 21.0. The number of fused-ring (bicyclic) bond motifs is 1. The molecule has 0 aliphatic carbocycles. The number of amides is 2. The summed E-state index contributed by atoms with van der Waals surface area (Å²) in [4.78, 5) is 32.3. The molecule has 2 unspecified atom stereocenters. The number of oxime groups is 1. The number of pyridine rings is 1. The van der Waals surface area contributed by atoms with Crippen LogP contribution in [0.5, 0.6) is 0 Å². The number of benzene rings is 2. The van der Waals surface area contributed by atoms with Crippen LogP contribution >= 0.6 is 0 Å². The molecule has 1 aliphatic rings. The molecule has 2 aromatic carbocycles. The first kappa shape index (κ1) is 26.1. The quantitative estimate of drug-likeness (QED) is 0.225. The normalized spacial score (nSPS) is 17.2. The molecule has 0 saturated heterocycles. The van der Waals surface area contributed by atoms with E-state index in [2.05, 4.69) is 26.0 Å². The van der Waals surface area contributed by atoms with Gasteiger partial charge in [0.1, 0.15) is 6.33 Å². The van der Waals surface area contributed by atoms with E-state index in [1.807, 2.05) is 60.7 Å². The van der Waals surface area contributed by atoms with E-state index < -0.39 is 24.6 Å². The number of aromatic nitrogens is 3. The fraction of sp³-hybridized carbons (Fsp3) is 0.222. The lowest BCUT2D eigenvalue weighted by molar-refractivity contribution is -0.144. The Bertz CT molecular complexity index is 1480. The van der Waals surface area contributed by atoms with Gasteiger partial charge in [0.25, 0.3) is 11.8 Å². The van der Waals surface area contributed by atoms with Crippen LogP contribution in [0.2, 0.25) is 0 Å². The SMILES string of the molecule is O=C(NCC1=NOC(Cc2ccccc2)(C(=O)NC(Cc2ccccc2)B(O)O)C1)c1cccn2cnnc12. The zero-order valence-corrected chi connectivity index (χ0v) is 21.0. The number of hydrogen-bond acceptors (Lipinski definition) is 8. The molecule has 5 rings (SSSR count). The molecule has 39 heavy (non-hydrogen) atoms. The molecular formula is C27H27BN6O5. The first-order valence-electron chi connectivity index (χ1n) is 12.5. The van der Waals surface area contributed by atoms with Crippen molar-refractivity contribution in [3.8, 4) is 0 Å². The number of carbonyl (C=O) groups excluding carboxylic acids is 2. The number of nitrogens with zero attached hydrogens (tertiary/aromatic N) is 4. The average molecular weight is 526 g/mol. The Kier molecular flexibility index (Phi) is 7.66. The maximum atomic E-state index is 13.7. The third kappa shape index (κ3) is 5.97. The Labute approximate surface area is 224 Å². The highest BCUT2D eigenvalue weighted by atomic mass is 16.7. The Morgan fingerprint density at radius 3 is 2.46 bits per heavy atom. The maximum Gasteiger partial charge on any atom is 0.475 e. The number of carbonyl (C=O) groups is 2. The molecule has 1 aliphatic heterocycles. The van der Waals surface area contributed by atoms with Gasteiger partial charge in [-0.1, -0.05) is 65.8 Å². The van der Waals surface area contributed by atoms with Gasteiger partial charge in [-0.2, -0.15) is 0 Å². The summed E-state index contributed by atoms with van der Waals surface area (Å²) >= 11 is 0. The molecule has 0 bridgehead atoms. The van der Waals surface area contributed by atoms with Crippen molar-refractivity contribution in [2.45, 2.75) is 30.8 Å². The predicted molar refractivity (Wildman–Crippen MR) is 144 cm³/mol. The van der Waals surface area contributed by atoms with Crippen molar-refractivity contribution in [3.63, 3.8) is 0 Å². The lowest BCUT2D eigenvalue weighted by Gasteiger charge is -2.28. The lowest BCUT2D eigenvalue weighted by Crippen LogP contribution is -2.56. The van der Waals surface area contributed by atoms with Crippen molar-refractivity contribution in [1.82, 2.24) is 25.2 Å². The monoisotopic (exact) mass is 526 g/mol. The number of rotatable bonds is 10. The fourth-order valence-corrected chi connectivity index (χ4v) is 4.57. The molecule has 0 saturated carbocycles. The summed E-state index contributed by atoms with van der Waals surface area (Å²) in [6, 6.07) is 21.9. The van der Waals surface area contributed by atoms with E-state index in [1.54, 1.807) is 22.7 Å². The van der Waals surface area contributed by atoms with Crippen LogP contribution in [0.15, 0.2) is 90.5 Å². The Balaban J connectivity index is 1.30. The Morgan fingerprint density at radius 1 is 1.03 bits per heavy atom. The van der Waals surface area contributed by atoms with Gasteiger partial charge >= 0.3 is 7.12 Å². The first-order chi connectivity index (χ1) is 18.9. The zero-order chi connectivity index (χ0) is 27.2. The third-order valence-corrected chi connectivity index (χ3v) is 6.58. The number of nitrogens with one attached hydrogen (secondary N) is 2. The van der Waals surface area contributed by atoms with E-state index in [9.17, 15) is 19.6 Å². The van der Waals surface area contributed by atoms with E-state index in [0.29, 0.717) is 16.9 Å². The van der Waals surface area contributed by atoms with Crippen molar-refractivity contribution in [1.29, 1.82) is 0 Å². The molecule has 0 radical (unpaired) electrons. The van der Waals surface area contributed by atoms with Crippen molar-refractivity contribution in [2.24, 2.45) is 5.16 Å². The van der Waals surface area contributed by atoms with Gasteiger partial charge < -0.3 is 25.5 Å². The van der Waals surface area contributed by atoms with E-state index in [1.165, 1.54) is 6.33 Å². The van der Waals surface area contributed by atoms with Gasteiger partial charge in [0.2, 0.25) is 5.60 Å². The van der Waals surface area contributed by atoms with Gasteiger partial charge in [-0.05, 0) is 29.7 Å². The minimum Gasteiger partial charge on any atom is -0.426 e. The summed E-state index contributed by atoms with van der Waals surface area (Å²) in [6.45, 7) is 0.0495. The van der Waals surface area contributed by atoms with E-state index in [-0.39, 0.29) is 31.7 Å². The Hall–Kier alpha value is -4.55. The molecule has 12 heteroatoms. The highest BCUT2D eigenvalue weighted by Crippen LogP contribution is 2.29. The van der Waals surface area contributed by atoms with Gasteiger partial charge in [0, 0.05) is 19.0 Å². The highest BCUT2D eigenvalue weighted by molar-refractivity contribution is 6.43. The predicted octanol–water partition coefficient (Wildman–Crippen LogP) is 0.956. The number of hydrogen-bond donors (Lipinski definition) is 4. The van der Waals surface area contributed by atoms with E-state index in [0.717, 1.165) is 11.1 Å². The molecule has 4 aromatic rings. The third-order valence-electron chi connectivity index (χ3n) is 6.58. The molecule has 11 nitrogen and oxygen atoms in total. The van der Waals surface area contributed by atoms with Crippen molar-refractivity contribution in [3.05, 3.63) is 102 Å². The van der Waals surface area contributed by atoms with Crippen LogP contribution in [0.1, 0.15) is 27.9 Å². The second kappa shape index (κ2) is 11.5. The molecule has 2 amide bonds. The summed E-state index contributed by atoms with van der Waals surface area (Å²) in [5.74, 6) is -1.87. The van der Waals surface area contributed by atoms with E-state index in [4.69, 9.17) is 4.84 Å². The molecule has 0 fully saturated rings. The summed E-state index contributed by atoms with van der Waals surface area (Å²) in [5.41, 5.74) is 1.48. The Morgan fingerprint density at radius 2 is 1.74 bits per heavy atom. The van der Waals surface area contributed by atoms with Crippen LogP contribution in [-0.2, 0) is 22.5 Å². The van der Waals surface area contributed by atoms with Crippen LogP contribution in [0, 0.1) is 0 Å². The second-order valence-corrected chi connectivity index (χ2v) is 9.43. The topological polar surface area (TPSA) is 150 Å². The fourth-order valence-electron chi connectivity index (χ4n) is 4.57. The largest absolute Gasteiger partial charge is 0.475 e. The van der Waals surface area contributed by atoms with Crippen molar-refractivity contribution >= 4 is 30.3 Å². The van der Waals surface area contributed by atoms with Gasteiger partial charge in [0.15, 0.2) is 5.65 Å². The summed E-state index contributed by atoms with van der Waals surface area (Å²) in [5, 5.41) is 37.6. The van der Waals surface area contributed by atoms with Crippen molar-refractivity contribution < 1.29 is 24.5 Å². The van der Waals surface area contributed by atoms with Crippen LogP contribution < -0.4 is 10.6 Å². The molecule has 0 spiro atoms. The molecule has 2 atom stereocenters. The summed E-state index contributed by atoms with van der Waals surface area (Å²) in [7, 11) is -1.79.